The molecule has 1 atom stereocenters. The smallest absolute Gasteiger partial charge is 0.147 e. The van der Waals surface area contributed by atoms with Crippen LogP contribution in [-0.4, -0.2) is 14.7 Å². The topological polar surface area (TPSA) is 25.8 Å². The maximum absolute atomic E-state index is 6.06. The third-order valence-electron chi connectivity index (χ3n) is 1.98. The molecule has 1 aromatic rings. The molecule has 1 heterocycles. The summed E-state index contributed by atoms with van der Waals surface area (Å²) < 4.78 is 4.35. The van der Waals surface area contributed by atoms with Gasteiger partial charge in [-0.05, 0) is 18.0 Å². The first kappa shape index (κ1) is 11.9. The van der Waals surface area contributed by atoms with Gasteiger partial charge in [0.1, 0.15) is 10.8 Å². The zero-order valence-electron chi connectivity index (χ0n) is 9.17. The Morgan fingerprint density at radius 2 is 2.07 bits per heavy atom. The first-order valence-corrected chi connectivity index (χ1v) is 6.11. The Balaban J connectivity index is 2.69. The number of halogens is 1. The average Bonchev–Trinajstić information content (AvgIpc) is 2.51. The van der Waals surface area contributed by atoms with E-state index in [4.69, 9.17) is 11.6 Å². The van der Waals surface area contributed by atoms with Gasteiger partial charge in [0.2, 0.25) is 0 Å². The highest BCUT2D eigenvalue weighted by atomic mass is 35.5. The van der Waals surface area contributed by atoms with Crippen LogP contribution < -0.4 is 0 Å². The first-order chi connectivity index (χ1) is 6.43. The molecule has 0 aliphatic carbocycles. The normalized spacial score (nSPS) is 14.4. The monoisotopic (exact) mass is 232 g/mol. The third-order valence-corrected chi connectivity index (χ3v) is 3.17. The highest BCUT2D eigenvalue weighted by Gasteiger charge is 2.20. The molecule has 0 N–H and O–H groups in total. The highest BCUT2D eigenvalue weighted by Crippen LogP contribution is 2.22. The van der Waals surface area contributed by atoms with Gasteiger partial charge in [0, 0.05) is 17.2 Å². The summed E-state index contributed by atoms with van der Waals surface area (Å²) in [4.78, 5) is 4.49. The number of nitrogens with zero attached hydrogens (tertiary/aromatic N) is 2. The maximum atomic E-state index is 6.06. The predicted molar refractivity (Wildman–Crippen MR) is 62.2 cm³/mol. The molecule has 0 saturated carbocycles. The lowest BCUT2D eigenvalue weighted by molar-refractivity contribution is 0.552. The molecule has 0 spiro atoms. The van der Waals surface area contributed by atoms with E-state index in [2.05, 4.69) is 37.1 Å². The van der Waals surface area contributed by atoms with Crippen LogP contribution >= 0.6 is 23.1 Å². The maximum Gasteiger partial charge on any atom is 0.147 e. The van der Waals surface area contributed by atoms with Crippen LogP contribution in [0.2, 0.25) is 0 Å². The van der Waals surface area contributed by atoms with Gasteiger partial charge in [-0.3, -0.25) is 0 Å². The molecule has 0 fully saturated rings. The number of aromatic nitrogens is 2. The Morgan fingerprint density at radius 1 is 1.43 bits per heavy atom. The van der Waals surface area contributed by atoms with Crippen molar-refractivity contribution >= 4 is 23.1 Å². The van der Waals surface area contributed by atoms with Crippen LogP contribution in [0.3, 0.4) is 0 Å². The molecular weight excluding hydrogens is 216 g/mol. The zero-order valence-corrected chi connectivity index (χ0v) is 10.7. The molecule has 0 saturated heterocycles. The van der Waals surface area contributed by atoms with Gasteiger partial charge in [-0.15, -0.1) is 11.6 Å². The molecule has 0 aromatic carbocycles. The van der Waals surface area contributed by atoms with Crippen LogP contribution in [0.15, 0.2) is 0 Å². The molecule has 4 heteroatoms. The van der Waals surface area contributed by atoms with E-state index in [0.717, 1.165) is 23.7 Å². The number of hydrogen-bond acceptors (Lipinski definition) is 3. The van der Waals surface area contributed by atoms with Gasteiger partial charge in [0.05, 0.1) is 0 Å². The van der Waals surface area contributed by atoms with Crippen molar-refractivity contribution in [2.24, 2.45) is 0 Å². The average molecular weight is 233 g/mol. The summed E-state index contributed by atoms with van der Waals surface area (Å²) in [6.07, 6.45) is 1.82. The minimum atomic E-state index is 0.0444. The Hall–Kier alpha value is -0.150. The largest absolute Gasteiger partial charge is 0.224 e. The zero-order chi connectivity index (χ0) is 10.8. The summed E-state index contributed by atoms with van der Waals surface area (Å²) in [5.74, 6) is 0.928. The molecule has 1 rings (SSSR count). The lowest BCUT2D eigenvalue weighted by atomic mass is 9.96. The lowest BCUT2D eigenvalue weighted by Crippen LogP contribution is -2.13. The predicted octanol–water partition coefficient (Wildman–Crippen LogP) is 3.40. The molecule has 0 aliphatic rings. The molecule has 0 radical (unpaired) electrons. The van der Waals surface area contributed by atoms with Crippen molar-refractivity contribution in [3.8, 4) is 0 Å². The number of hydrogen-bond donors (Lipinski definition) is 0. The van der Waals surface area contributed by atoms with Gasteiger partial charge in [-0.2, -0.15) is 4.37 Å². The second-order valence-corrected chi connectivity index (χ2v) is 5.92. The van der Waals surface area contributed by atoms with E-state index in [-0.39, 0.29) is 10.8 Å². The lowest BCUT2D eigenvalue weighted by Gasteiger charge is -2.12. The SMILES string of the molecule is CCC(Cl)Cc1nc(C(C)(C)C)ns1. The fourth-order valence-electron chi connectivity index (χ4n) is 0.976. The second-order valence-electron chi connectivity index (χ2n) is 4.47. The Labute approximate surface area is 94.9 Å². The summed E-state index contributed by atoms with van der Waals surface area (Å²) >= 11 is 7.54. The summed E-state index contributed by atoms with van der Waals surface area (Å²) in [6, 6.07) is 0. The molecule has 14 heavy (non-hydrogen) atoms. The molecule has 1 unspecified atom stereocenters. The Kier molecular flexibility index (Phi) is 3.90. The molecule has 80 valence electrons. The van der Waals surface area contributed by atoms with E-state index in [1.807, 2.05) is 0 Å². The standard InChI is InChI=1S/C10H17ClN2S/c1-5-7(11)6-8-12-9(13-14-8)10(2,3)4/h7H,5-6H2,1-4H3. The number of alkyl halides is 1. The quantitative estimate of drug-likeness (QED) is 0.747. The van der Waals surface area contributed by atoms with E-state index < -0.39 is 0 Å². The Bertz CT molecular complexity index is 291. The van der Waals surface area contributed by atoms with Gasteiger partial charge >= 0.3 is 0 Å². The van der Waals surface area contributed by atoms with Crippen LogP contribution in [-0.2, 0) is 11.8 Å². The van der Waals surface area contributed by atoms with Gasteiger partial charge in [-0.25, -0.2) is 4.98 Å². The van der Waals surface area contributed by atoms with Crippen molar-refractivity contribution in [1.82, 2.24) is 9.36 Å². The third kappa shape index (κ3) is 3.21. The number of rotatable bonds is 3. The van der Waals surface area contributed by atoms with E-state index in [9.17, 15) is 0 Å². The summed E-state index contributed by atoms with van der Waals surface area (Å²) in [7, 11) is 0. The van der Waals surface area contributed by atoms with Crippen molar-refractivity contribution in [2.45, 2.75) is 51.3 Å². The van der Waals surface area contributed by atoms with E-state index in [0.29, 0.717) is 0 Å². The summed E-state index contributed by atoms with van der Waals surface area (Å²) in [5, 5.41) is 1.24. The van der Waals surface area contributed by atoms with Crippen molar-refractivity contribution < 1.29 is 0 Å². The van der Waals surface area contributed by atoms with Gasteiger partial charge in [0.25, 0.3) is 0 Å². The second kappa shape index (κ2) is 4.58. The highest BCUT2D eigenvalue weighted by molar-refractivity contribution is 7.05. The summed E-state index contributed by atoms with van der Waals surface area (Å²) in [6.45, 7) is 8.45. The summed E-state index contributed by atoms with van der Waals surface area (Å²) in [5.41, 5.74) is 0.0444. The van der Waals surface area contributed by atoms with Crippen molar-refractivity contribution in [1.29, 1.82) is 0 Å². The van der Waals surface area contributed by atoms with Gasteiger partial charge in [0.15, 0.2) is 0 Å². The van der Waals surface area contributed by atoms with Crippen LogP contribution in [0.4, 0.5) is 0 Å². The van der Waals surface area contributed by atoms with Crippen LogP contribution in [0.5, 0.6) is 0 Å². The molecule has 0 amide bonds. The molecule has 0 bridgehead atoms. The molecular formula is C10H17ClN2S. The minimum absolute atomic E-state index is 0.0444. The van der Waals surface area contributed by atoms with Crippen LogP contribution in [0.25, 0.3) is 0 Å². The van der Waals surface area contributed by atoms with E-state index in [1.165, 1.54) is 11.5 Å². The van der Waals surface area contributed by atoms with Gasteiger partial charge < -0.3 is 0 Å². The minimum Gasteiger partial charge on any atom is -0.224 e. The van der Waals surface area contributed by atoms with Gasteiger partial charge in [-0.1, -0.05) is 27.7 Å². The molecule has 0 aliphatic heterocycles. The van der Waals surface area contributed by atoms with E-state index in [1.54, 1.807) is 0 Å². The fraction of sp³-hybridized carbons (Fsp3) is 0.800. The fourth-order valence-corrected chi connectivity index (χ4v) is 2.12. The Morgan fingerprint density at radius 3 is 2.50 bits per heavy atom. The van der Waals surface area contributed by atoms with Crippen molar-refractivity contribution in [2.75, 3.05) is 0 Å². The van der Waals surface area contributed by atoms with Crippen LogP contribution in [0, 0.1) is 0 Å². The van der Waals surface area contributed by atoms with Crippen molar-refractivity contribution in [3.05, 3.63) is 10.8 Å². The first-order valence-electron chi connectivity index (χ1n) is 4.90. The molecule has 1 aromatic heterocycles. The van der Waals surface area contributed by atoms with Crippen LogP contribution in [0.1, 0.15) is 44.9 Å². The van der Waals surface area contributed by atoms with Crippen molar-refractivity contribution in [3.63, 3.8) is 0 Å². The molecule has 2 nitrogen and oxygen atoms in total. The van der Waals surface area contributed by atoms with E-state index >= 15 is 0 Å².